The molecule has 0 aliphatic carbocycles. The molecule has 0 aromatic carbocycles. The summed E-state index contributed by atoms with van der Waals surface area (Å²) in [6.07, 6.45) is 1.00. The van der Waals surface area contributed by atoms with Gasteiger partial charge in [-0.05, 0) is 20.4 Å². The molecule has 0 saturated heterocycles. The molecule has 0 radical (unpaired) electrons. The van der Waals surface area contributed by atoms with E-state index in [0.29, 0.717) is 19.0 Å². The van der Waals surface area contributed by atoms with Crippen molar-refractivity contribution in [3.05, 3.63) is 0 Å². The van der Waals surface area contributed by atoms with Crippen molar-refractivity contribution < 1.29 is 13.2 Å². The topological polar surface area (TPSA) is 83.0 Å². The largest absolute Gasteiger partial charge is 0.385 e. The zero-order valence-corrected chi connectivity index (χ0v) is 15.2. The summed E-state index contributed by atoms with van der Waals surface area (Å²) in [6, 6.07) is 0. The summed E-state index contributed by atoms with van der Waals surface area (Å²) in [5.41, 5.74) is 0. The zero-order chi connectivity index (χ0) is 16.8. The van der Waals surface area contributed by atoms with Crippen molar-refractivity contribution in [3.63, 3.8) is 0 Å². The first-order chi connectivity index (χ1) is 10.4. The fraction of sp³-hybridized carbons (Fsp3) is 0.929. The van der Waals surface area contributed by atoms with Gasteiger partial charge in [-0.2, -0.15) is 0 Å². The quantitative estimate of drug-likeness (QED) is 0.295. The van der Waals surface area contributed by atoms with Gasteiger partial charge in [0.1, 0.15) is 0 Å². The average molecular weight is 337 g/mol. The fourth-order valence-corrected chi connectivity index (χ4v) is 2.44. The minimum atomic E-state index is -2.94. The van der Waals surface area contributed by atoms with Crippen LogP contribution >= 0.6 is 0 Å². The Morgan fingerprint density at radius 2 is 1.95 bits per heavy atom. The van der Waals surface area contributed by atoms with Crippen molar-refractivity contribution in [2.45, 2.75) is 20.3 Å². The van der Waals surface area contributed by atoms with Crippen LogP contribution in [0.15, 0.2) is 4.99 Å². The Bertz CT molecular complexity index is 399. The highest BCUT2D eigenvalue weighted by molar-refractivity contribution is 7.91. The molecule has 8 heteroatoms. The Balaban J connectivity index is 4.09. The van der Waals surface area contributed by atoms with Gasteiger partial charge >= 0.3 is 0 Å². The molecule has 0 amide bonds. The van der Waals surface area contributed by atoms with Crippen LogP contribution in [0.3, 0.4) is 0 Å². The summed E-state index contributed by atoms with van der Waals surface area (Å²) < 4.78 is 27.9. The van der Waals surface area contributed by atoms with Gasteiger partial charge < -0.3 is 20.3 Å². The van der Waals surface area contributed by atoms with Crippen LogP contribution in [0.4, 0.5) is 0 Å². The van der Waals surface area contributed by atoms with E-state index < -0.39 is 9.84 Å². The van der Waals surface area contributed by atoms with Crippen molar-refractivity contribution in [3.8, 4) is 0 Å². The van der Waals surface area contributed by atoms with Gasteiger partial charge in [-0.25, -0.2) is 8.42 Å². The molecule has 7 nitrogen and oxygen atoms in total. The number of rotatable bonds is 12. The second-order valence-corrected chi connectivity index (χ2v) is 7.55. The van der Waals surface area contributed by atoms with E-state index >= 15 is 0 Å². The van der Waals surface area contributed by atoms with Crippen LogP contribution < -0.4 is 10.6 Å². The maximum absolute atomic E-state index is 11.5. The molecule has 0 saturated carbocycles. The Kier molecular flexibility index (Phi) is 12.2. The molecule has 132 valence electrons. The highest BCUT2D eigenvalue weighted by Crippen LogP contribution is 1.89. The average Bonchev–Trinajstić information content (AvgIpc) is 2.47. The van der Waals surface area contributed by atoms with Gasteiger partial charge in [0.25, 0.3) is 0 Å². The van der Waals surface area contributed by atoms with Gasteiger partial charge in [0, 0.05) is 45.6 Å². The van der Waals surface area contributed by atoms with E-state index in [1.54, 1.807) is 14.0 Å². The molecule has 0 spiro atoms. The van der Waals surface area contributed by atoms with E-state index in [2.05, 4.69) is 27.6 Å². The summed E-state index contributed by atoms with van der Waals surface area (Å²) in [6.45, 7) is 8.03. The highest BCUT2D eigenvalue weighted by Gasteiger charge is 2.07. The second-order valence-electron chi connectivity index (χ2n) is 5.07. The predicted octanol–water partition coefficient (Wildman–Crippen LogP) is -0.0555. The maximum Gasteiger partial charge on any atom is 0.191 e. The first-order valence-electron chi connectivity index (χ1n) is 7.85. The third-order valence-corrected chi connectivity index (χ3v) is 4.84. The van der Waals surface area contributed by atoms with Crippen LogP contribution in [-0.4, -0.2) is 84.3 Å². The number of hydrogen-bond acceptors (Lipinski definition) is 5. The zero-order valence-electron chi connectivity index (χ0n) is 14.4. The van der Waals surface area contributed by atoms with Crippen LogP contribution in [0, 0.1) is 0 Å². The number of nitrogens with zero attached hydrogens (tertiary/aromatic N) is 2. The summed E-state index contributed by atoms with van der Waals surface area (Å²) in [4.78, 5) is 6.66. The number of hydrogen-bond donors (Lipinski definition) is 2. The molecule has 0 aromatic heterocycles. The van der Waals surface area contributed by atoms with Crippen molar-refractivity contribution >= 4 is 15.8 Å². The maximum atomic E-state index is 11.5. The molecule has 0 atom stereocenters. The van der Waals surface area contributed by atoms with Gasteiger partial charge in [-0.1, -0.05) is 6.92 Å². The third-order valence-electron chi connectivity index (χ3n) is 3.13. The van der Waals surface area contributed by atoms with Crippen LogP contribution in [0.25, 0.3) is 0 Å². The Morgan fingerprint density at radius 1 is 1.23 bits per heavy atom. The number of ether oxygens (including phenoxy) is 1. The number of nitrogens with one attached hydrogen (secondary N) is 2. The molecule has 0 aliphatic rings. The van der Waals surface area contributed by atoms with Gasteiger partial charge in [-0.15, -0.1) is 0 Å². The summed E-state index contributed by atoms with van der Waals surface area (Å²) in [7, 11) is 0.818. The number of sulfone groups is 1. The second kappa shape index (κ2) is 12.7. The fourth-order valence-electron chi connectivity index (χ4n) is 1.73. The first-order valence-corrected chi connectivity index (χ1v) is 9.67. The summed E-state index contributed by atoms with van der Waals surface area (Å²) in [5, 5.41) is 6.18. The lowest BCUT2D eigenvalue weighted by atomic mass is 10.4. The molecule has 0 aliphatic heterocycles. The van der Waals surface area contributed by atoms with Crippen LogP contribution in [0.2, 0.25) is 0 Å². The van der Waals surface area contributed by atoms with E-state index in [1.165, 1.54) is 0 Å². The lowest BCUT2D eigenvalue weighted by molar-refractivity contribution is 0.180. The van der Waals surface area contributed by atoms with Crippen LogP contribution in [-0.2, 0) is 14.6 Å². The smallest absolute Gasteiger partial charge is 0.191 e. The standard InChI is InChI=1S/C14H32N4O3S/c1-5-15-14(17-9-13-22(19,20)6-2)16-8-11-18(3)10-7-12-21-4/h5-13H2,1-4H3,(H2,15,16,17). The third kappa shape index (κ3) is 11.8. The Labute approximate surface area is 135 Å². The molecule has 0 aromatic rings. The molecule has 0 fully saturated rings. The minimum Gasteiger partial charge on any atom is -0.385 e. The molecular weight excluding hydrogens is 304 g/mol. The number of likely N-dealkylation sites (N-methyl/N-ethyl adjacent to an activating group) is 1. The normalized spacial score (nSPS) is 12.7. The summed E-state index contributed by atoms with van der Waals surface area (Å²) in [5.74, 6) is 0.971. The monoisotopic (exact) mass is 336 g/mol. The molecule has 0 rings (SSSR count). The number of methoxy groups -OCH3 is 1. The highest BCUT2D eigenvalue weighted by atomic mass is 32.2. The SMILES string of the molecule is CCNC(=NCCN(C)CCCOC)NCCS(=O)(=O)CC. The van der Waals surface area contributed by atoms with E-state index in [9.17, 15) is 8.42 Å². The van der Waals surface area contributed by atoms with Crippen molar-refractivity contribution in [2.75, 3.05) is 65.0 Å². The van der Waals surface area contributed by atoms with Crippen LogP contribution in [0.5, 0.6) is 0 Å². The number of aliphatic imine (C=N–C) groups is 1. The molecule has 0 unspecified atom stereocenters. The lowest BCUT2D eigenvalue weighted by Crippen LogP contribution is -2.40. The molecule has 0 bridgehead atoms. The molecule has 2 N–H and O–H groups in total. The van der Waals surface area contributed by atoms with Gasteiger partial charge in [-0.3, -0.25) is 4.99 Å². The Hall–Kier alpha value is -0.860. The molecular formula is C14H32N4O3S. The summed E-state index contributed by atoms with van der Waals surface area (Å²) >= 11 is 0. The van der Waals surface area contributed by atoms with Crippen molar-refractivity contribution in [1.29, 1.82) is 0 Å². The minimum absolute atomic E-state index is 0.130. The Morgan fingerprint density at radius 3 is 2.55 bits per heavy atom. The van der Waals surface area contributed by atoms with E-state index in [1.807, 2.05) is 6.92 Å². The molecule has 22 heavy (non-hydrogen) atoms. The lowest BCUT2D eigenvalue weighted by Gasteiger charge is -2.16. The first kappa shape index (κ1) is 21.1. The van der Waals surface area contributed by atoms with Crippen molar-refractivity contribution in [2.24, 2.45) is 4.99 Å². The number of guanidine groups is 1. The molecule has 0 heterocycles. The van der Waals surface area contributed by atoms with Gasteiger partial charge in [0.15, 0.2) is 15.8 Å². The van der Waals surface area contributed by atoms with E-state index in [4.69, 9.17) is 4.74 Å². The van der Waals surface area contributed by atoms with Gasteiger partial charge in [0.2, 0.25) is 0 Å². The van der Waals surface area contributed by atoms with E-state index in [0.717, 1.165) is 32.7 Å². The van der Waals surface area contributed by atoms with Crippen molar-refractivity contribution in [1.82, 2.24) is 15.5 Å². The van der Waals surface area contributed by atoms with Crippen LogP contribution in [0.1, 0.15) is 20.3 Å². The van der Waals surface area contributed by atoms with E-state index in [-0.39, 0.29) is 11.5 Å². The van der Waals surface area contributed by atoms with Gasteiger partial charge in [0.05, 0.1) is 12.3 Å². The predicted molar refractivity (Wildman–Crippen MR) is 92.3 cm³/mol.